The first-order chi connectivity index (χ1) is 12.0. The zero-order chi connectivity index (χ0) is 17.8. The van der Waals surface area contributed by atoms with Gasteiger partial charge in [0.15, 0.2) is 0 Å². The number of carbonyl (C=O) groups is 2. The van der Waals surface area contributed by atoms with Crippen LogP contribution >= 0.6 is 0 Å². The number of rotatable bonds is 4. The summed E-state index contributed by atoms with van der Waals surface area (Å²) >= 11 is 0. The molecule has 5 nitrogen and oxygen atoms in total. The van der Waals surface area contributed by atoms with Gasteiger partial charge in [0.25, 0.3) is 0 Å². The van der Waals surface area contributed by atoms with Gasteiger partial charge in [0.05, 0.1) is 0 Å². The summed E-state index contributed by atoms with van der Waals surface area (Å²) in [5.41, 5.74) is 0.762. The molecule has 136 valence electrons. The summed E-state index contributed by atoms with van der Waals surface area (Å²) in [6.45, 7) is 5.70. The van der Waals surface area contributed by atoms with E-state index in [9.17, 15) is 14.0 Å². The molecule has 1 atom stereocenters. The zero-order valence-corrected chi connectivity index (χ0v) is 14.7. The Balaban J connectivity index is 1.62. The summed E-state index contributed by atoms with van der Waals surface area (Å²) in [5.74, 6) is 0.451. The van der Waals surface area contributed by atoms with E-state index in [0.717, 1.165) is 31.5 Å². The van der Waals surface area contributed by atoms with Crippen molar-refractivity contribution in [3.8, 4) is 0 Å². The fourth-order valence-corrected chi connectivity index (χ4v) is 3.62. The van der Waals surface area contributed by atoms with Crippen LogP contribution in [0.4, 0.5) is 4.39 Å². The van der Waals surface area contributed by atoms with Gasteiger partial charge < -0.3 is 10.2 Å². The van der Waals surface area contributed by atoms with Crippen molar-refractivity contribution in [1.29, 1.82) is 0 Å². The maximum absolute atomic E-state index is 13.2. The molecule has 0 radical (unpaired) electrons. The summed E-state index contributed by atoms with van der Waals surface area (Å²) in [6, 6.07) is 5.58. The van der Waals surface area contributed by atoms with Gasteiger partial charge in [-0.3, -0.25) is 14.5 Å². The number of nitrogens with one attached hydrogen (secondary N) is 1. The molecule has 0 spiro atoms. The molecule has 1 N–H and O–H groups in total. The highest BCUT2D eigenvalue weighted by Gasteiger charge is 2.31. The molecule has 0 bridgehead atoms. The highest BCUT2D eigenvalue weighted by Crippen LogP contribution is 2.24. The van der Waals surface area contributed by atoms with Crippen molar-refractivity contribution >= 4 is 11.8 Å². The number of piperazine rings is 1. The monoisotopic (exact) mass is 347 g/mol. The van der Waals surface area contributed by atoms with E-state index in [1.807, 2.05) is 9.80 Å². The second-order valence-electron chi connectivity index (χ2n) is 7.09. The molecule has 2 saturated heterocycles. The van der Waals surface area contributed by atoms with E-state index in [1.165, 1.54) is 12.1 Å². The number of halogens is 1. The number of carbonyl (C=O) groups excluding carboxylic acids is 2. The molecule has 2 aliphatic heterocycles. The molecular formula is C19H26FN3O2. The summed E-state index contributed by atoms with van der Waals surface area (Å²) in [5, 5.41) is 2.86. The van der Waals surface area contributed by atoms with E-state index in [4.69, 9.17) is 0 Å². The predicted molar refractivity (Wildman–Crippen MR) is 93.3 cm³/mol. The van der Waals surface area contributed by atoms with Gasteiger partial charge in [0, 0.05) is 39.1 Å². The van der Waals surface area contributed by atoms with Crippen molar-refractivity contribution in [2.45, 2.75) is 32.2 Å². The van der Waals surface area contributed by atoms with E-state index in [-0.39, 0.29) is 17.6 Å². The number of benzene rings is 1. The van der Waals surface area contributed by atoms with Crippen molar-refractivity contribution in [3.05, 3.63) is 35.6 Å². The van der Waals surface area contributed by atoms with Gasteiger partial charge in [-0.1, -0.05) is 19.1 Å². The Bertz CT molecular complexity index is 612. The molecule has 1 aromatic carbocycles. The second-order valence-corrected chi connectivity index (χ2v) is 7.09. The average molecular weight is 347 g/mol. The number of nitrogens with zero attached hydrogens (tertiary/aromatic N) is 2. The van der Waals surface area contributed by atoms with E-state index in [1.54, 1.807) is 12.1 Å². The third-order valence-corrected chi connectivity index (χ3v) is 5.25. The van der Waals surface area contributed by atoms with Crippen LogP contribution in [-0.2, 0) is 9.59 Å². The zero-order valence-electron chi connectivity index (χ0n) is 14.7. The van der Waals surface area contributed by atoms with Crippen molar-refractivity contribution in [2.75, 3.05) is 32.7 Å². The fraction of sp³-hybridized carbons (Fsp3) is 0.579. The van der Waals surface area contributed by atoms with Crippen molar-refractivity contribution < 1.29 is 14.0 Å². The molecule has 2 amide bonds. The van der Waals surface area contributed by atoms with Gasteiger partial charge in [0.1, 0.15) is 11.9 Å². The lowest BCUT2D eigenvalue weighted by molar-refractivity contribution is -0.135. The lowest BCUT2D eigenvalue weighted by Gasteiger charge is -2.36. The highest BCUT2D eigenvalue weighted by molar-refractivity contribution is 5.84. The Labute approximate surface area is 148 Å². The molecule has 0 saturated carbocycles. The maximum Gasteiger partial charge on any atom is 0.242 e. The molecule has 0 aromatic heterocycles. The molecule has 25 heavy (non-hydrogen) atoms. The van der Waals surface area contributed by atoms with Gasteiger partial charge in [-0.05, 0) is 36.5 Å². The van der Waals surface area contributed by atoms with Crippen LogP contribution in [0.5, 0.6) is 0 Å². The summed E-state index contributed by atoms with van der Waals surface area (Å²) < 4.78 is 13.2. The molecular weight excluding hydrogens is 321 g/mol. The number of likely N-dealkylation sites (tertiary alicyclic amines) is 1. The van der Waals surface area contributed by atoms with Crippen LogP contribution < -0.4 is 5.32 Å². The normalized spacial score (nSPS) is 22.7. The number of amides is 2. The van der Waals surface area contributed by atoms with Crippen LogP contribution in [0.15, 0.2) is 24.3 Å². The number of hydrogen-bond acceptors (Lipinski definition) is 3. The highest BCUT2D eigenvalue weighted by atomic mass is 19.1. The average Bonchev–Trinajstić information content (AvgIpc) is 2.61. The predicted octanol–water partition coefficient (Wildman–Crippen LogP) is 1.95. The lowest BCUT2D eigenvalue weighted by atomic mass is 9.99. The molecule has 3 rings (SSSR count). The third kappa shape index (κ3) is 4.37. The van der Waals surface area contributed by atoms with Crippen LogP contribution in [0.25, 0.3) is 0 Å². The molecule has 2 fully saturated rings. The van der Waals surface area contributed by atoms with Crippen LogP contribution in [0, 0.1) is 11.7 Å². The molecule has 1 aromatic rings. The third-order valence-electron chi connectivity index (χ3n) is 5.25. The quantitative estimate of drug-likeness (QED) is 0.906. The van der Waals surface area contributed by atoms with Crippen LogP contribution in [0.1, 0.15) is 37.8 Å². The molecule has 6 heteroatoms. The Kier molecular flexibility index (Phi) is 5.68. The first-order valence-electron chi connectivity index (χ1n) is 9.09. The molecule has 2 heterocycles. The first-order valence-corrected chi connectivity index (χ1v) is 9.09. The summed E-state index contributed by atoms with van der Waals surface area (Å²) in [4.78, 5) is 28.8. The number of piperidine rings is 1. The Hall–Kier alpha value is -1.95. The van der Waals surface area contributed by atoms with Gasteiger partial charge in [-0.15, -0.1) is 0 Å². The lowest BCUT2D eigenvalue weighted by Crippen LogP contribution is -2.51. The van der Waals surface area contributed by atoms with Gasteiger partial charge in [-0.25, -0.2) is 4.39 Å². The smallest absolute Gasteiger partial charge is 0.242 e. The minimum absolute atomic E-state index is 0.0860. The van der Waals surface area contributed by atoms with Gasteiger partial charge >= 0.3 is 0 Å². The van der Waals surface area contributed by atoms with Crippen molar-refractivity contribution in [3.63, 3.8) is 0 Å². The van der Waals surface area contributed by atoms with Gasteiger partial charge in [0.2, 0.25) is 11.8 Å². The van der Waals surface area contributed by atoms with Crippen LogP contribution in [0.2, 0.25) is 0 Å². The van der Waals surface area contributed by atoms with E-state index in [0.29, 0.717) is 32.0 Å². The Morgan fingerprint density at radius 2 is 1.88 bits per heavy atom. The van der Waals surface area contributed by atoms with E-state index < -0.39 is 6.04 Å². The summed E-state index contributed by atoms with van der Waals surface area (Å²) in [7, 11) is 0. The second kappa shape index (κ2) is 7.95. The molecule has 0 unspecified atom stereocenters. The van der Waals surface area contributed by atoms with Crippen LogP contribution in [0.3, 0.4) is 0 Å². The van der Waals surface area contributed by atoms with E-state index >= 15 is 0 Å². The van der Waals surface area contributed by atoms with Crippen LogP contribution in [-0.4, -0.2) is 54.3 Å². The maximum atomic E-state index is 13.2. The minimum atomic E-state index is -0.455. The summed E-state index contributed by atoms with van der Waals surface area (Å²) in [6.07, 6.45) is 2.55. The topological polar surface area (TPSA) is 52.7 Å². The standard InChI is InChI=1S/C19H26FN3O2/c1-14-6-10-22(11-7-14)17(24)8-12-23-13-9-21-19(25)18(23)15-2-4-16(20)5-3-15/h2-5,14,18H,6-13H2,1H3,(H,21,25)/t18-/m0/s1. The Morgan fingerprint density at radius 3 is 2.56 bits per heavy atom. The van der Waals surface area contributed by atoms with Crippen molar-refractivity contribution in [2.24, 2.45) is 5.92 Å². The molecule has 2 aliphatic rings. The number of hydrogen-bond donors (Lipinski definition) is 1. The Morgan fingerprint density at radius 1 is 1.20 bits per heavy atom. The first kappa shape index (κ1) is 17.9. The fourth-order valence-electron chi connectivity index (χ4n) is 3.62. The molecule has 0 aliphatic carbocycles. The van der Waals surface area contributed by atoms with Crippen molar-refractivity contribution in [1.82, 2.24) is 15.1 Å². The van der Waals surface area contributed by atoms with Gasteiger partial charge in [-0.2, -0.15) is 0 Å². The SMILES string of the molecule is CC1CCN(C(=O)CCN2CCNC(=O)[C@@H]2c2ccc(F)cc2)CC1. The largest absolute Gasteiger partial charge is 0.353 e. The minimum Gasteiger partial charge on any atom is -0.353 e. The van der Waals surface area contributed by atoms with E-state index in [2.05, 4.69) is 12.2 Å².